The van der Waals surface area contributed by atoms with E-state index in [-0.39, 0.29) is 12.5 Å². The highest BCUT2D eigenvalue weighted by molar-refractivity contribution is 5.91. The van der Waals surface area contributed by atoms with Gasteiger partial charge < -0.3 is 14.1 Å². The Kier molecular flexibility index (Phi) is 6.11. The van der Waals surface area contributed by atoms with Crippen LogP contribution in [0.25, 0.3) is 0 Å². The SMILES string of the molecule is CCn1nc(C)c(CN(C)C(=O)c2ccc(COc3c(C)cccc3C)o2)c1C. The molecular formula is C23H29N3O3. The maximum atomic E-state index is 12.8. The molecule has 0 unspecified atom stereocenters. The topological polar surface area (TPSA) is 60.5 Å². The van der Waals surface area contributed by atoms with Gasteiger partial charge in [-0.1, -0.05) is 18.2 Å². The van der Waals surface area contributed by atoms with Crippen LogP contribution in [-0.2, 0) is 19.7 Å². The summed E-state index contributed by atoms with van der Waals surface area (Å²) in [4.78, 5) is 14.5. The van der Waals surface area contributed by atoms with E-state index in [1.807, 2.05) is 50.6 Å². The zero-order chi connectivity index (χ0) is 21.1. The largest absolute Gasteiger partial charge is 0.485 e. The number of carbonyl (C=O) groups is 1. The Labute approximate surface area is 172 Å². The molecule has 3 aromatic rings. The third-order valence-corrected chi connectivity index (χ3v) is 5.21. The molecule has 0 aliphatic heterocycles. The van der Waals surface area contributed by atoms with Crippen LogP contribution in [0.1, 0.15) is 51.3 Å². The minimum absolute atomic E-state index is 0.161. The molecule has 0 aliphatic carbocycles. The van der Waals surface area contributed by atoms with Crippen LogP contribution in [0.15, 0.2) is 34.7 Å². The maximum absolute atomic E-state index is 12.8. The van der Waals surface area contributed by atoms with E-state index in [9.17, 15) is 4.79 Å². The fourth-order valence-corrected chi connectivity index (χ4v) is 3.51. The van der Waals surface area contributed by atoms with Gasteiger partial charge in [-0.25, -0.2) is 0 Å². The van der Waals surface area contributed by atoms with Crippen LogP contribution in [0.2, 0.25) is 0 Å². The van der Waals surface area contributed by atoms with Gasteiger partial charge in [0, 0.05) is 31.4 Å². The molecule has 6 nitrogen and oxygen atoms in total. The molecule has 6 heteroatoms. The van der Waals surface area contributed by atoms with Crippen molar-refractivity contribution in [3.8, 4) is 5.75 Å². The first-order valence-electron chi connectivity index (χ1n) is 9.87. The minimum Gasteiger partial charge on any atom is -0.485 e. The number of aryl methyl sites for hydroxylation is 4. The lowest BCUT2D eigenvalue weighted by Gasteiger charge is -2.16. The van der Waals surface area contributed by atoms with Gasteiger partial charge in [-0.15, -0.1) is 0 Å². The first-order chi connectivity index (χ1) is 13.8. The summed E-state index contributed by atoms with van der Waals surface area (Å²) in [7, 11) is 1.78. The first kappa shape index (κ1) is 20.7. The molecule has 3 rings (SSSR count). The number of carbonyl (C=O) groups excluding carboxylic acids is 1. The molecule has 29 heavy (non-hydrogen) atoms. The Balaban J connectivity index is 1.66. The third-order valence-electron chi connectivity index (χ3n) is 5.21. The molecule has 0 saturated carbocycles. The molecule has 0 atom stereocenters. The summed E-state index contributed by atoms with van der Waals surface area (Å²) in [5, 5.41) is 4.52. The van der Waals surface area contributed by atoms with E-state index in [0.717, 1.165) is 40.4 Å². The van der Waals surface area contributed by atoms with Gasteiger partial charge in [0.05, 0.1) is 5.69 Å². The Morgan fingerprint density at radius 1 is 1.14 bits per heavy atom. The maximum Gasteiger partial charge on any atom is 0.289 e. The Hall–Kier alpha value is -3.02. The van der Waals surface area contributed by atoms with E-state index in [1.54, 1.807) is 24.1 Å². The number of hydrogen-bond acceptors (Lipinski definition) is 4. The van der Waals surface area contributed by atoms with Gasteiger partial charge in [-0.2, -0.15) is 5.10 Å². The molecule has 1 amide bonds. The Morgan fingerprint density at radius 2 is 1.83 bits per heavy atom. The molecule has 0 saturated heterocycles. The number of nitrogens with zero attached hydrogens (tertiary/aromatic N) is 3. The van der Waals surface area contributed by atoms with Gasteiger partial charge in [0.25, 0.3) is 5.91 Å². The Bertz CT molecular complexity index is 996. The molecule has 0 aliphatic rings. The number of amides is 1. The quantitative estimate of drug-likeness (QED) is 0.587. The van der Waals surface area contributed by atoms with Gasteiger partial charge in [0.1, 0.15) is 18.1 Å². The first-order valence-corrected chi connectivity index (χ1v) is 9.87. The number of rotatable bonds is 7. The van der Waals surface area contributed by atoms with Gasteiger partial charge in [0.2, 0.25) is 0 Å². The van der Waals surface area contributed by atoms with Crippen molar-refractivity contribution in [1.82, 2.24) is 14.7 Å². The zero-order valence-corrected chi connectivity index (χ0v) is 18.1. The van der Waals surface area contributed by atoms with Crippen LogP contribution in [0.5, 0.6) is 5.75 Å². The second-order valence-electron chi connectivity index (χ2n) is 7.40. The average molecular weight is 396 g/mol. The Morgan fingerprint density at radius 3 is 2.45 bits per heavy atom. The second-order valence-corrected chi connectivity index (χ2v) is 7.40. The molecular weight excluding hydrogens is 366 g/mol. The van der Waals surface area contributed by atoms with E-state index < -0.39 is 0 Å². The minimum atomic E-state index is -0.161. The summed E-state index contributed by atoms with van der Waals surface area (Å²) in [6.07, 6.45) is 0. The fourth-order valence-electron chi connectivity index (χ4n) is 3.51. The highest BCUT2D eigenvalue weighted by atomic mass is 16.5. The molecule has 0 bridgehead atoms. The molecule has 0 fully saturated rings. The number of furan rings is 1. The summed E-state index contributed by atoms with van der Waals surface area (Å²) >= 11 is 0. The fraction of sp³-hybridized carbons (Fsp3) is 0.391. The summed E-state index contributed by atoms with van der Waals surface area (Å²) in [6, 6.07) is 9.53. The summed E-state index contributed by atoms with van der Waals surface area (Å²) in [6.45, 7) is 11.7. The molecule has 0 spiro atoms. The van der Waals surface area contributed by atoms with E-state index in [2.05, 4.69) is 12.0 Å². The van der Waals surface area contributed by atoms with E-state index in [0.29, 0.717) is 18.1 Å². The van der Waals surface area contributed by atoms with E-state index in [4.69, 9.17) is 9.15 Å². The van der Waals surface area contributed by atoms with Crippen molar-refractivity contribution in [3.63, 3.8) is 0 Å². The lowest BCUT2D eigenvalue weighted by atomic mass is 10.1. The number of ether oxygens (including phenoxy) is 1. The molecule has 2 heterocycles. The molecule has 2 aromatic heterocycles. The van der Waals surface area contributed by atoms with Crippen molar-refractivity contribution in [2.24, 2.45) is 0 Å². The number of aromatic nitrogens is 2. The van der Waals surface area contributed by atoms with Crippen molar-refractivity contribution >= 4 is 5.91 Å². The van der Waals surface area contributed by atoms with Gasteiger partial charge in [-0.3, -0.25) is 9.48 Å². The molecule has 1 aromatic carbocycles. The van der Waals surface area contributed by atoms with Gasteiger partial charge in [-0.05, 0) is 57.9 Å². The van der Waals surface area contributed by atoms with Crippen LogP contribution in [0.4, 0.5) is 0 Å². The van der Waals surface area contributed by atoms with Crippen molar-refractivity contribution < 1.29 is 13.9 Å². The standard InChI is InChI=1S/C23H29N3O3/c1-7-26-18(5)20(17(4)24-26)13-25(6)23(27)21-12-11-19(29-21)14-28-22-15(2)9-8-10-16(22)3/h8-12H,7,13-14H2,1-6H3. The monoisotopic (exact) mass is 395 g/mol. The van der Waals surface area contributed by atoms with Gasteiger partial charge >= 0.3 is 0 Å². The summed E-state index contributed by atoms with van der Waals surface area (Å²) in [5.41, 5.74) is 5.27. The molecule has 0 radical (unpaired) electrons. The third kappa shape index (κ3) is 4.36. The highest BCUT2D eigenvalue weighted by Crippen LogP contribution is 2.24. The normalized spacial score (nSPS) is 11.0. The molecule has 0 N–H and O–H groups in total. The van der Waals surface area contributed by atoms with Crippen LogP contribution in [0, 0.1) is 27.7 Å². The van der Waals surface area contributed by atoms with E-state index in [1.165, 1.54) is 0 Å². The van der Waals surface area contributed by atoms with Crippen LogP contribution in [0.3, 0.4) is 0 Å². The number of benzene rings is 1. The second kappa shape index (κ2) is 8.55. The highest BCUT2D eigenvalue weighted by Gasteiger charge is 2.20. The lowest BCUT2D eigenvalue weighted by molar-refractivity contribution is 0.0749. The van der Waals surface area contributed by atoms with Crippen molar-refractivity contribution in [2.45, 2.75) is 54.3 Å². The van der Waals surface area contributed by atoms with Crippen molar-refractivity contribution in [2.75, 3.05) is 7.05 Å². The van der Waals surface area contributed by atoms with Crippen LogP contribution < -0.4 is 4.74 Å². The van der Waals surface area contributed by atoms with E-state index >= 15 is 0 Å². The number of hydrogen-bond donors (Lipinski definition) is 0. The summed E-state index contributed by atoms with van der Waals surface area (Å²) < 4.78 is 13.6. The summed E-state index contributed by atoms with van der Waals surface area (Å²) in [5.74, 6) is 1.63. The smallest absolute Gasteiger partial charge is 0.289 e. The van der Waals surface area contributed by atoms with Gasteiger partial charge in [0.15, 0.2) is 5.76 Å². The number of para-hydroxylation sites is 1. The van der Waals surface area contributed by atoms with Crippen LogP contribution in [-0.4, -0.2) is 27.6 Å². The van der Waals surface area contributed by atoms with Crippen molar-refractivity contribution in [3.05, 3.63) is 69.9 Å². The predicted molar refractivity (Wildman–Crippen MR) is 112 cm³/mol. The molecule has 154 valence electrons. The van der Waals surface area contributed by atoms with Crippen molar-refractivity contribution in [1.29, 1.82) is 0 Å². The van der Waals surface area contributed by atoms with Crippen LogP contribution >= 0.6 is 0 Å². The average Bonchev–Trinajstić information content (AvgIpc) is 3.26. The lowest BCUT2D eigenvalue weighted by Crippen LogP contribution is -2.26. The predicted octanol–water partition coefficient (Wildman–Crippen LogP) is 4.58. The zero-order valence-electron chi connectivity index (χ0n) is 18.1.